The Labute approximate surface area is 143 Å². The number of esters is 1. The van der Waals surface area contributed by atoms with Gasteiger partial charge in [0.1, 0.15) is 5.75 Å². The highest BCUT2D eigenvalue weighted by atomic mass is 35.5. The van der Waals surface area contributed by atoms with Crippen molar-refractivity contribution in [3.05, 3.63) is 39.9 Å². The van der Waals surface area contributed by atoms with Crippen molar-refractivity contribution >= 4 is 34.0 Å². The predicted molar refractivity (Wildman–Crippen MR) is 91.0 cm³/mol. The molecule has 1 aromatic carbocycles. The average Bonchev–Trinajstić information content (AvgIpc) is 3.20. The van der Waals surface area contributed by atoms with Crippen LogP contribution in [0.1, 0.15) is 27.6 Å². The van der Waals surface area contributed by atoms with Gasteiger partial charge in [-0.1, -0.05) is 41.1 Å². The summed E-state index contributed by atoms with van der Waals surface area (Å²) in [6.45, 7) is 1.69. The number of para-hydroxylation sites is 1. The van der Waals surface area contributed by atoms with Crippen LogP contribution in [0.25, 0.3) is 0 Å². The number of methoxy groups -OCH3 is 2. The molecule has 1 atom stereocenters. The van der Waals surface area contributed by atoms with Gasteiger partial charge in [0.2, 0.25) is 0 Å². The fourth-order valence-electron chi connectivity index (χ4n) is 2.84. The first-order chi connectivity index (χ1) is 11.1. The first-order valence-electron chi connectivity index (χ1n) is 7.26. The minimum Gasteiger partial charge on any atom is -0.496 e. The normalized spacial score (nSPS) is 17.3. The summed E-state index contributed by atoms with van der Waals surface area (Å²) in [5.41, 5.74) is 1.20. The van der Waals surface area contributed by atoms with Gasteiger partial charge in [0.15, 0.2) is 15.2 Å². The summed E-state index contributed by atoms with van der Waals surface area (Å²) in [7, 11) is 3.03. The van der Waals surface area contributed by atoms with Crippen LogP contribution in [0, 0.1) is 0 Å². The molecule has 1 aliphatic heterocycles. The average molecular weight is 353 g/mol. The van der Waals surface area contributed by atoms with E-state index in [0.717, 1.165) is 30.4 Å². The standard InChI is InChI=1S/C16H17ClN2O3S/c1-21-12-6-4-3-5-11(12)10-7-8-19(9-10)16-18-14(17)13(23-16)15(20)22-2/h3-6,10H,7-9H2,1-2H3. The van der Waals surface area contributed by atoms with Gasteiger partial charge in [-0.05, 0) is 18.1 Å². The van der Waals surface area contributed by atoms with E-state index in [1.54, 1.807) is 7.11 Å². The lowest BCUT2D eigenvalue weighted by atomic mass is 9.97. The molecule has 0 bridgehead atoms. The molecule has 0 radical (unpaired) electrons. The molecule has 0 saturated carbocycles. The second kappa shape index (κ2) is 6.76. The van der Waals surface area contributed by atoms with Gasteiger partial charge in [0.25, 0.3) is 0 Å². The van der Waals surface area contributed by atoms with E-state index in [-0.39, 0.29) is 5.15 Å². The molecule has 122 valence electrons. The third kappa shape index (κ3) is 3.14. The minimum absolute atomic E-state index is 0.206. The number of hydrogen-bond acceptors (Lipinski definition) is 6. The molecule has 3 rings (SSSR count). The smallest absolute Gasteiger partial charge is 0.351 e. The van der Waals surface area contributed by atoms with E-state index in [0.29, 0.717) is 10.8 Å². The summed E-state index contributed by atoms with van der Waals surface area (Å²) in [6.07, 6.45) is 1.01. The maximum atomic E-state index is 11.7. The second-order valence-corrected chi connectivity index (χ2v) is 6.62. The number of anilines is 1. The van der Waals surface area contributed by atoms with Crippen LogP contribution in [0.4, 0.5) is 5.13 Å². The van der Waals surface area contributed by atoms with Crippen LogP contribution >= 0.6 is 22.9 Å². The number of hydrogen-bond donors (Lipinski definition) is 0. The van der Waals surface area contributed by atoms with Crippen molar-refractivity contribution in [2.75, 3.05) is 32.2 Å². The summed E-state index contributed by atoms with van der Waals surface area (Å²) in [5, 5.41) is 0.963. The van der Waals surface area contributed by atoms with Crippen LogP contribution in [0.3, 0.4) is 0 Å². The van der Waals surface area contributed by atoms with E-state index in [2.05, 4.69) is 16.0 Å². The van der Waals surface area contributed by atoms with Crippen molar-refractivity contribution in [3.63, 3.8) is 0 Å². The number of rotatable bonds is 4. The third-order valence-corrected chi connectivity index (χ3v) is 5.46. The highest BCUT2D eigenvalue weighted by Crippen LogP contribution is 2.38. The number of ether oxygens (including phenoxy) is 2. The van der Waals surface area contributed by atoms with Crippen molar-refractivity contribution in [2.24, 2.45) is 0 Å². The molecule has 1 aliphatic rings. The Kier molecular flexibility index (Phi) is 4.73. The summed E-state index contributed by atoms with van der Waals surface area (Å²) < 4.78 is 10.2. The van der Waals surface area contributed by atoms with Crippen molar-refractivity contribution in [1.29, 1.82) is 0 Å². The minimum atomic E-state index is -0.445. The van der Waals surface area contributed by atoms with Gasteiger partial charge in [-0.2, -0.15) is 0 Å². The fourth-order valence-corrected chi connectivity index (χ4v) is 4.07. The quantitative estimate of drug-likeness (QED) is 0.787. The lowest BCUT2D eigenvalue weighted by Crippen LogP contribution is -2.19. The Morgan fingerprint density at radius 3 is 2.91 bits per heavy atom. The van der Waals surface area contributed by atoms with E-state index in [1.165, 1.54) is 24.0 Å². The van der Waals surface area contributed by atoms with Gasteiger partial charge in [0, 0.05) is 19.0 Å². The zero-order valence-corrected chi connectivity index (χ0v) is 14.5. The highest BCUT2D eigenvalue weighted by Gasteiger charge is 2.29. The van der Waals surface area contributed by atoms with Crippen molar-refractivity contribution in [1.82, 2.24) is 4.98 Å². The summed E-state index contributed by atoms with van der Waals surface area (Å²) >= 11 is 7.32. The molecule has 7 heteroatoms. The molecule has 1 aromatic heterocycles. The predicted octanol–water partition coefficient (Wildman–Crippen LogP) is 3.59. The van der Waals surface area contributed by atoms with E-state index in [4.69, 9.17) is 21.1 Å². The SMILES string of the molecule is COC(=O)c1sc(N2CCC(c3ccccc3OC)C2)nc1Cl. The molecular formula is C16H17ClN2O3S. The van der Waals surface area contributed by atoms with Crippen molar-refractivity contribution < 1.29 is 14.3 Å². The van der Waals surface area contributed by atoms with Gasteiger partial charge in [-0.15, -0.1) is 0 Å². The fraction of sp³-hybridized carbons (Fsp3) is 0.375. The molecule has 0 amide bonds. The zero-order valence-electron chi connectivity index (χ0n) is 12.9. The van der Waals surface area contributed by atoms with Crippen LogP contribution in [-0.4, -0.2) is 38.3 Å². The number of aromatic nitrogens is 1. The van der Waals surface area contributed by atoms with E-state index in [1.807, 2.05) is 18.2 Å². The number of benzene rings is 1. The van der Waals surface area contributed by atoms with Crippen LogP contribution in [0.5, 0.6) is 5.75 Å². The largest absolute Gasteiger partial charge is 0.496 e. The van der Waals surface area contributed by atoms with Crippen molar-refractivity contribution in [2.45, 2.75) is 12.3 Å². The zero-order chi connectivity index (χ0) is 16.4. The van der Waals surface area contributed by atoms with Gasteiger partial charge < -0.3 is 14.4 Å². The number of carbonyl (C=O) groups is 1. The summed E-state index contributed by atoms with van der Waals surface area (Å²) in [5.74, 6) is 0.835. The Morgan fingerprint density at radius 2 is 2.17 bits per heavy atom. The molecular weight excluding hydrogens is 336 g/mol. The molecule has 0 N–H and O–H groups in total. The van der Waals surface area contributed by atoms with Gasteiger partial charge >= 0.3 is 5.97 Å². The third-order valence-electron chi connectivity index (χ3n) is 3.98. The Balaban J connectivity index is 1.79. The molecule has 23 heavy (non-hydrogen) atoms. The number of halogens is 1. The number of nitrogens with zero attached hydrogens (tertiary/aromatic N) is 2. The molecule has 1 saturated heterocycles. The first-order valence-corrected chi connectivity index (χ1v) is 8.46. The van der Waals surface area contributed by atoms with Crippen LogP contribution < -0.4 is 9.64 Å². The van der Waals surface area contributed by atoms with E-state index < -0.39 is 5.97 Å². The Bertz CT molecular complexity index is 719. The molecule has 0 aliphatic carbocycles. The second-order valence-electron chi connectivity index (χ2n) is 5.28. The maximum Gasteiger partial charge on any atom is 0.351 e. The maximum absolute atomic E-state index is 11.7. The van der Waals surface area contributed by atoms with E-state index in [9.17, 15) is 4.79 Å². The Hall–Kier alpha value is -1.79. The van der Waals surface area contributed by atoms with Crippen molar-refractivity contribution in [3.8, 4) is 5.75 Å². The lowest BCUT2D eigenvalue weighted by molar-refractivity contribution is 0.0606. The number of thiazole rings is 1. The number of carbonyl (C=O) groups excluding carboxylic acids is 1. The molecule has 0 spiro atoms. The van der Waals surface area contributed by atoms with Crippen LogP contribution in [0.15, 0.2) is 24.3 Å². The topological polar surface area (TPSA) is 51.7 Å². The van der Waals surface area contributed by atoms with E-state index >= 15 is 0 Å². The molecule has 1 unspecified atom stereocenters. The molecule has 2 aromatic rings. The monoisotopic (exact) mass is 352 g/mol. The van der Waals surface area contributed by atoms with Gasteiger partial charge in [-0.25, -0.2) is 9.78 Å². The van der Waals surface area contributed by atoms with Crippen LogP contribution in [-0.2, 0) is 4.74 Å². The molecule has 1 fully saturated rings. The van der Waals surface area contributed by atoms with Gasteiger partial charge in [0.05, 0.1) is 14.2 Å². The van der Waals surface area contributed by atoms with Crippen LogP contribution in [0.2, 0.25) is 5.15 Å². The Morgan fingerprint density at radius 1 is 1.39 bits per heavy atom. The summed E-state index contributed by atoms with van der Waals surface area (Å²) in [6, 6.07) is 8.07. The lowest BCUT2D eigenvalue weighted by Gasteiger charge is -2.16. The first kappa shape index (κ1) is 16.1. The molecule has 2 heterocycles. The summed E-state index contributed by atoms with van der Waals surface area (Å²) in [4.78, 5) is 18.5. The van der Waals surface area contributed by atoms with Gasteiger partial charge in [-0.3, -0.25) is 0 Å². The highest BCUT2D eigenvalue weighted by molar-refractivity contribution is 7.18. The molecule has 5 nitrogen and oxygen atoms in total.